The van der Waals surface area contributed by atoms with Crippen LogP contribution in [-0.4, -0.2) is 46.9 Å². The van der Waals surface area contributed by atoms with E-state index in [-0.39, 0.29) is 30.2 Å². The van der Waals surface area contributed by atoms with Crippen LogP contribution in [0, 0.1) is 13.8 Å². The first kappa shape index (κ1) is 33.4. The van der Waals surface area contributed by atoms with Gasteiger partial charge in [0.25, 0.3) is 5.91 Å². The van der Waals surface area contributed by atoms with Gasteiger partial charge >= 0.3 is 5.97 Å². The van der Waals surface area contributed by atoms with Crippen LogP contribution in [0.2, 0.25) is 0 Å². The number of nitrogen functional groups attached to an aromatic ring is 2. The van der Waals surface area contributed by atoms with Crippen molar-refractivity contribution in [2.75, 3.05) is 11.5 Å². The molecule has 248 valence electrons. The topological polar surface area (TPSA) is 184 Å². The van der Waals surface area contributed by atoms with Crippen molar-refractivity contribution in [3.05, 3.63) is 68.6 Å². The quantitative estimate of drug-likeness (QED) is 0.157. The van der Waals surface area contributed by atoms with Gasteiger partial charge in [-0.05, 0) is 127 Å². The average Bonchev–Trinajstić information content (AvgIpc) is 3.80. The highest BCUT2D eigenvalue weighted by molar-refractivity contribution is 5.88. The Balaban J connectivity index is 0.000000148. The van der Waals surface area contributed by atoms with E-state index < -0.39 is 5.97 Å². The molecule has 0 bridgehead atoms. The van der Waals surface area contributed by atoms with Crippen LogP contribution in [0.15, 0.2) is 12.1 Å². The largest absolute Gasteiger partial charge is 0.481 e. The second-order valence-electron chi connectivity index (χ2n) is 13.0. The molecule has 4 aromatic heterocycles. The Morgan fingerprint density at radius 2 is 1.33 bits per heavy atom. The van der Waals surface area contributed by atoms with E-state index in [2.05, 4.69) is 31.3 Å². The Labute approximate surface area is 275 Å². The lowest BCUT2D eigenvalue weighted by molar-refractivity contribution is -0.139. The molecule has 11 nitrogen and oxygen atoms in total. The maximum atomic E-state index is 13.0. The molecule has 0 spiro atoms. The zero-order valence-electron chi connectivity index (χ0n) is 26.9. The number of halogens is 1. The Morgan fingerprint density at radius 1 is 0.783 bits per heavy atom. The summed E-state index contributed by atoms with van der Waals surface area (Å²) in [6, 6.07) is 4.07. The third-order valence-corrected chi connectivity index (χ3v) is 9.82. The van der Waals surface area contributed by atoms with Crippen molar-refractivity contribution in [1.82, 2.24) is 29.9 Å². The zero-order chi connectivity index (χ0) is 31.7. The molecule has 0 saturated heterocycles. The second-order valence-corrected chi connectivity index (χ2v) is 13.0. The third kappa shape index (κ3) is 6.74. The number of fused-ring (bicyclic) bond motifs is 4. The van der Waals surface area contributed by atoms with E-state index in [9.17, 15) is 9.59 Å². The van der Waals surface area contributed by atoms with Gasteiger partial charge in [0.05, 0.1) is 17.5 Å². The lowest BCUT2D eigenvalue weighted by atomic mass is 9.86. The summed E-state index contributed by atoms with van der Waals surface area (Å²) in [5, 5.41) is 20.4. The van der Waals surface area contributed by atoms with Gasteiger partial charge in [-0.15, -0.1) is 12.4 Å². The predicted octanol–water partition coefficient (Wildman–Crippen LogP) is 5.86. The monoisotopic (exact) mass is 650 g/mol. The first-order valence-electron chi connectivity index (χ1n) is 16.5. The molecule has 0 fully saturated rings. The first-order valence-corrected chi connectivity index (χ1v) is 16.5. The van der Waals surface area contributed by atoms with Gasteiger partial charge in [-0.25, -0.2) is 0 Å². The number of aromatic amines is 3. The van der Waals surface area contributed by atoms with Crippen molar-refractivity contribution >= 4 is 35.9 Å². The smallest absolute Gasteiger partial charge is 0.311 e. The minimum absolute atomic E-state index is 0. The van der Waals surface area contributed by atoms with E-state index in [0.29, 0.717) is 11.6 Å². The number of nitrogens with one attached hydrogen (secondary N) is 3. The Morgan fingerprint density at radius 3 is 1.93 bits per heavy atom. The van der Waals surface area contributed by atoms with Crippen LogP contribution in [0.1, 0.15) is 124 Å². The minimum atomic E-state index is -0.694. The minimum Gasteiger partial charge on any atom is -0.481 e. The summed E-state index contributed by atoms with van der Waals surface area (Å²) < 4.78 is 1.48. The SMILES string of the molecule is Cc1cc2c([nH]1)CCCC2C(=O)O.Cc1cc2c([nH]1)CCCC2C(=O)n1nc2c(c1N)CCCC2.Cl.Nc1n[nH]c2c1CCCC2. The summed E-state index contributed by atoms with van der Waals surface area (Å²) in [5.41, 5.74) is 23.1. The number of aromatic nitrogens is 6. The van der Waals surface area contributed by atoms with Crippen LogP contribution in [0.4, 0.5) is 11.6 Å². The van der Waals surface area contributed by atoms with Crippen molar-refractivity contribution < 1.29 is 14.7 Å². The molecule has 0 aromatic carbocycles. The lowest BCUT2D eigenvalue weighted by Gasteiger charge is -2.21. The normalized spacial score (nSPS) is 19.4. The standard InChI is InChI=1S/C17H22N4O.C10H13NO2.C7H11N3.ClH/c1-10-9-13-11(6-4-8-14(13)19-10)17(22)21-16(18)12-5-2-3-7-15(12)20-21;1-6-5-8-7(10(12)13)3-2-4-9(8)11-6;8-7-5-3-1-2-4-6(5)9-10-7;/h9,11,19H,2-8,18H2,1H3;5,7,11H,2-4H2,1H3,(H,12,13);1-4H2,(H3,8,9,10);1H. The molecule has 0 amide bonds. The Hall–Kier alpha value is -3.99. The molecule has 4 aliphatic rings. The molecule has 0 aliphatic heterocycles. The number of carbonyl (C=O) groups is 2. The molecule has 12 heteroatoms. The number of carboxylic acid groups (broad SMARTS) is 1. The van der Waals surface area contributed by atoms with Crippen molar-refractivity contribution in [3.63, 3.8) is 0 Å². The number of H-pyrrole nitrogens is 3. The van der Waals surface area contributed by atoms with Gasteiger partial charge in [0, 0.05) is 39.6 Å². The molecule has 0 radical (unpaired) electrons. The van der Waals surface area contributed by atoms with E-state index in [4.69, 9.17) is 16.6 Å². The summed E-state index contributed by atoms with van der Waals surface area (Å²) in [7, 11) is 0. The summed E-state index contributed by atoms with van der Waals surface area (Å²) >= 11 is 0. The molecule has 2 atom stereocenters. The zero-order valence-corrected chi connectivity index (χ0v) is 27.7. The van der Waals surface area contributed by atoms with E-state index in [1.54, 1.807) is 0 Å². The molecule has 46 heavy (non-hydrogen) atoms. The molecule has 4 heterocycles. The van der Waals surface area contributed by atoms with Crippen LogP contribution in [-0.2, 0) is 43.3 Å². The van der Waals surface area contributed by atoms with Crippen molar-refractivity contribution in [2.24, 2.45) is 0 Å². The van der Waals surface area contributed by atoms with Crippen molar-refractivity contribution in [3.8, 4) is 0 Å². The van der Waals surface area contributed by atoms with E-state index in [0.717, 1.165) is 117 Å². The Kier molecular flexibility index (Phi) is 10.3. The fourth-order valence-electron chi connectivity index (χ4n) is 7.56. The highest BCUT2D eigenvalue weighted by atomic mass is 35.5. The number of nitrogens with zero attached hydrogens (tertiary/aromatic N) is 3. The van der Waals surface area contributed by atoms with Gasteiger partial charge in [-0.2, -0.15) is 14.9 Å². The van der Waals surface area contributed by atoms with Gasteiger partial charge in [0.2, 0.25) is 0 Å². The van der Waals surface area contributed by atoms with Gasteiger partial charge in [-0.1, -0.05) is 0 Å². The van der Waals surface area contributed by atoms with Crippen LogP contribution < -0.4 is 11.5 Å². The number of anilines is 2. The number of rotatable bonds is 2. The van der Waals surface area contributed by atoms with Gasteiger partial charge in [0.15, 0.2) is 0 Å². The van der Waals surface area contributed by atoms with Crippen molar-refractivity contribution in [1.29, 1.82) is 0 Å². The van der Waals surface area contributed by atoms with E-state index >= 15 is 0 Å². The average molecular weight is 651 g/mol. The molecular formula is C34H47ClN8O3. The fraction of sp³-hybridized carbons (Fsp3) is 0.529. The van der Waals surface area contributed by atoms with Crippen LogP contribution in [0.25, 0.3) is 0 Å². The maximum absolute atomic E-state index is 13.0. The van der Waals surface area contributed by atoms with Crippen LogP contribution in [0.5, 0.6) is 0 Å². The van der Waals surface area contributed by atoms with Gasteiger partial charge in [-0.3, -0.25) is 14.7 Å². The number of aliphatic carboxylic acids is 1. The third-order valence-electron chi connectivity index (χ3n) is 9.82. The fourth-order valence-corrected chi connectivity index (χ4v) is 7.56. The van der Waals surface area contributed by atoms with Gasteiger partial charge in [0.1, 0.15) is 11.6 Å². The highest BCUT2D eigenvalue weighted by Gasteiger charge is 2.32. The number of carbonyl (C=O) groups excluding carboxylic acids is 1. The summed E-state index contributed by atoms with van der Waals surface area (Å²) in [4.78, 5) is 30.5. The molecule has 8 N–H and O–H groups in total. The molecule has 0 saturated carbocycles. The number of hydrogen-bond acceptors (Lipinski definition) is 6. The predicted molar refractivity (Wildman–Crippen MR) is 181 cm³/mol. The summed E-state index contributed by atoms with van der Waals surface area (Å²) in [6.07, 6.45) is 14.6. The van der Waals surface area contributed by atoms with E-state index in [1.165, 1.54) is 34.5 Å². The molecule has 4 aromatic rings. The maximum Gasteiger partial charge on any atom is 0.311 e. The number of aryl methyl sites for hydroxylation is 6. The van der Waals surface area contributed by atoms with Crippen LogP contribution in [0.3, 0.4) is 0 Å². The van der Waals surface area contributed by atoms with E-state index in [1.807, 2.05) is 19.9 Å². The first-order chi connectivity index (χ1) is 21.7. The molecule has 2 unspecified atom stereocenters. The lowest BCUT2D eigenvalue weighted by Crippen LogP contribution is -2.25. The summed E-state index contributed by atoms with van der Waals surface area (Å²) in [5.74, 6) is 0.214. The Bertz CT molecular complexity index is 1700. The number of carboxylic acids is 1. The van der Waals surface area contributed by atoms with Crippen molar-refractivity contribution in [2.45, 2.75) is 116 Å². The number of nitrogens with two attached hydrogens (primary N) is 2. The molecule has 4 aliphatic carbocycles. The highest BCUT2D eigenvalue weighted by Crippen LogP contribution is 2.35. The summed E-state index contributed by atoms with van der Waals surface area (Å²) in [6.45, 7) is 4.01. The number of hydrogen-bond donors (Lipinski definition) is 6. The second kappa shape index (κ2) is 14.2. The molecule has 8 rings (SSSR count). The molecular weight excluding hydrogens is 604 g/mol. The van der Waals surface area contributed by atoms with Gasteiger partial charge < -0.3 is 26.5 Å². The van der Waals surface area contributed by atoms with Crippen LogP contribution >= 0.6 is 12.4 Å².